The molecule has 0 N–H and O–H groups in total. The Morgan fingerprint density at radius 1 is 0.346 bits per heavy atom. The highest BCUT2D eigenvalue weighted by Crippen LogP contribution is 2.50. The molecule has 0 saturated carbocycles. The summed E-state index contributed by atoms with van der Waals surface area (Å²) < 4.78 is 7.58. The van der Waals surface area contributed by atoms with E-state index in [-0.39, 0.29) is 0 Å². The molecule has 11 rings (SSSR count). The second-order valence-corrected chi connectivity index (χ2v) is 15.4. The average Bonchev–Trinajstić information content (AvgIpc) is 3.89. The molecule has 0 unspecified atom stereocenters. The summed E-state index contributed by atoms with van der Waals surface area (Å²) in [4.78, 5) is 2.52. The molecule has 0 saturated heterocycles. The number of hydrogen-bond donors (Lipinski definition) is 0. The second kappa shape index (κ2) is 11.7. The topological polar surface area (TPSA) is 8.17 Å². The molecule has 0 aliphatic heterocycles. The molecule has 52 heavy (non-hydrogen) atoms. The molecular weight excluding hydrogens is 669 g/mol. The zero-order valence-electron chi connectivity index (χ0n) is 28.0. The number of rotatable bonds is 5. The highest BCUT2D eigenvalue weighted by Gasteiger charge is 2.23. The van der Waals surface area contributed by atoms with Crippen LogP contribution in [0.25, 0.3) is 79.0 Å². The van der Waals surface area contributed by atoms with Crippen molar-refractivity contribution in [1.29, 1.82) is 0 Å². The van der Waals surface area contributed by atoms with Crippen molar-refractivity contribution >= 4 is 102 Å². The van der Waals surface area contributed by atoms with Crippen LogP contribution in [0.2, 0.25) is 0 Å². The van der Waals surface area contributed by atoms with Crippen LogP contribution in [0.3, 0.4) is 0 Å². The van der Waals surface area contributed by atoms with Gasteiger partial charge in [-0.15, -0.1) is 22.7 Å². The Morgan fingerprint density at radius 3 is 1.37 bits per heavy atom. The van der Waals surface area contributed by atoms with Crippen LogP contribution in [0.4, 0.5) is 17.1 Å². The van der Waals surface area contributed by atoms with Gasteiger partial charge in [-0.2, -0.15) is 0 Å². The Hall–Kier alpha value is -6.20. The van der Waals surface area contributed by atoms with Crippen LogP contribution in [-0.2, 0) is 0 Å². The second-order valence-electron chi connectivity index (χ2n) is 13.3. The molecule has 3 aromatic heterocycles. The fourth-order valence-corrected chi connectivity index (χ4v) is 10.5. The van der Waals surface area contributed by atoms with Crippen LogP contribution in [-0.4, -0.2) is 4.57 Å². The van der Waals surface area contributed by atoms with E-state index < -0.39 is 0 Å². The lowest BCUT2D eigenvalue weighted by Gasteiger charge is -2.29. The lowest BCUT2D eigenvalue weighted by atomic mass is 10.0. The normalized spacial score (nSPS) is 11.8. The largest absolute Gasteiger partial charge is 0.309 e. The van der Waals surface area contributed by atoms with Gasteiger partial charge in [-0.3, -0.25) is 0 Å². The Balaban J connectivity index is 1.14. The van der Waals surface area contributed by atoms with E-state index in [1.807, 2.05) is 22.7 Å². The Kier molecular flexibility index (Phi) is 6.63. The molecule has 0 fully saturated rings. The van der Waals surface area contributed by atoms with Gasteiger partial charge in [-0.05, 0) is 60.2 Å². The van der Waals surface area contributed by atoms with Crippen LogP contribution in [0.15, 0.2) is 182 Å². The zero-order valence-corrected chi connectivity index (χ0v) is 29.7. The molecule has 2 nitrogen and oxygen atoms in total. The van der Waals surface area contributed by atoms with Gasteiger partial charge in [0.05, 0.1) is 37.5 Å². The van der Waals surface area contributed by atoms with Gasteiger partial charge in [0, 0.05) is 53.0 Å². The highest BCUT2D eigenvalue weighted by molar-refractivity contribution is 7.27. The first-order valence-electron chi connectivity index (χ1n) is 17.6. The zero-order chi connectivity index (χ0) is 34.2. The maximum Gasteiger partial charge on any atom is 0.0641 e. The number of fused-ring (bicyclic) bond motifs is 9. The maximum atomic E-state index is 2.52. The molecule has 4 heteroatoms. The van der Waals surface area contributed by atoms with Crippen molar-refractivity contribution < 1.29 is 0 Å². The molecule has 0 aliphatic rings. The molecule has 244 valence electrons. The lowest BCUT2D eigenvalue weighted by Crippen LogP contribution is -2.11. The molecule has 0 bridgehead atoms. The molecule has 0 spiro atoms. The molecular formula is C48H30N2S2. The van der Waals surface area contributed by atoms with E-state index in [4.69, 9.17) is 0 Å². The minimum Gasteiger partial charge on any atom is -0.309 e. The summed E-state index contributed by atoms with van der Waals surface area (Å²) in [5.74, 6) is 0. The lowest BCUT2D eigenvalue weighted by molar-refractivity contribution is 1.18. The molecule has 0 atom stereocenters. The molecule has 0 amide bonds. The van der Waals surface area contributed by atoms with Crippen molar-refractivity contribution in [3.8, 4) is 16.8 Å². The van der Waals surface area contributed by atoms with Crippen molar-refractivity contribution in [3.63, 3.8) is 0 Å². The van der Waals surface area contributed by atoms with E-state index in [2.05, 4.69) is 191 Å². The van der Waals surface area contributed by atoms with Crippen molar-refractivity contribution in [1.82, 2.24) is 4.57 Å². The summed E-state index contributed by atoms with van der Waals surface area (Å²) >= 11 is 3.76. The van der Waals surface area contributed by atoms with E-state index in [1.54, 1.807) is 0 Å². The van der Waals surface area contributed by atoms with Gasteiger partial charge in [0.2, 0.25) is 0 Å². The van der Waals surface area contributed by atoms with Gasteiger partial charge in [-0.1, -0.05) is 127 Å². The fourth-order valence-electron chi connectivity index (χ4n) is 8.11. The Bertz CT molecular complexity index is 2980. The summed E-state index contributed by atoms with van der Waals surface area (Å²) in [6, 6.07) is 66.6. The number of para-hydroxylation sites is 3. The number of benzene rings is 8. The summed E-state index contributed by atoms with van der Waals surface area (Å²) in [5, 5.41) is 7.74. The van der Waals surface area contributed by atoms with Gasteiger partial charge < -0.3 is 9.47 Å². The van der Waals surface area contributed by atoms with Crippen LogP contribution >= 0.6 is 22.7 Å². The predicted octanol–water partition coefficient (Wildman–Crippen LogP) is 14.7. The third-order valence-electron chi connectivity index (χ3n) is 10.4. The first kappa shape index (κ1) is 29.5. The highest BCUT2D eigenvalue weighted by atomic mass is 32.1. The SMILES string of the molecule is c1ccc(N(c2cccc3c2sc2ccccc23)c2cccc3c2sc2ccccc23)c(-c2ccc(-n3c4ccccc4c4ccccc43)cc2)c1. The predicted molar refractivity (Wildman–Crippen MR) is 227 cm³/mol. The number of nitrogens with zero attached hydrogens (tertiary/aromatic N) is 2. The third kappa shape index (κ3) is 4.42. The number of anilines is 3. The van der Waals surface area contributed by atoms with Crippen LogP contribution in [0, 0.1) is 0 Å². The van der Waals surface area contributed by atoms with E-state index >= 15 is 0 Å². The van der Waals surface area contributed by atoms with E-state index in [9.17, 15) is 0 Å². The minimum absolute atomic E-state index is 1.15. The van der Waals surface area contributed by atoms with E-state index in [0.29, 0.717) is 0 Å². The average molecular weight is 699 g/mol. The van der Waals surface area contributed by atoms with Gasteiger partial charge in [0.1, 0.15) is 0 Å². The molecule has 11 aromatic rings. The van der Waals surface area contributed by atoms with Crippen LogP contribution < -0.4 is 4.90 Å². The standard InChI is InChI=1S/C48H30N2S2/c1-6-20-40(33(13-1)31-27-29-32(30-28-31)49-41-21-7-2-14-34(41)35-15-3-8-22-42(35)49)50(43-23-11-18-38-36-16-4-9-25-45(36)51-47(38)43)44-24-12-19-39-37-17-5-10-26-46(37)52-48(39)44/h1-30H. The van der Waals surface area contributed by atoms with Crippen LogP contribution in [0.5, 0.6) is 0 Å². The van der Waals surface area contributed by atoms with Gasteiger partial charge in [0.25, 0.3) is 0 Å². The summed E-state index contributed by atoms with van der Waals surface area (Å²) in [6.07, 6.45) is 0. The quantitative estimate of drug-likeness (QED) is 0.174. The Labute approximate surface area is 308 Å². The maximum absolute atomic E-state index is 2.52. The number of thiophene rings is 2. The fraction of sp³-hybridized carbons (Fsp3) is 0. The van der Waals surface area contributed by atoms with Crippen molar-refractivity contribution in [2.45, 2.75) is 0 Å². The molecule has 0 aliphatic carbocycles. The van der Waals surface area contributed by atoms with Crippen molar-refractivity contribution in [2.75, 3.05) is 4.90 Å². The van der Waals surface area contributed by atoms with Gasteiger partial charge >= 0.3 is 0 Å². The molecule has 8 aromatic carbocycles. The first-order chi connectivity index (χ1) is 25.8. The minimum atomic E-state index is 1.15. The van der Waals surface area contributed by atoms with Crippen molar-refractivity contribution in [3.05, 3.63) is 182 Å². The Morgan fingerprint density at radius 2 is 0.788 bits per heavy atom. The monoisotopic (exact) mass is 698 g/mol. The summed E-state index contributed by atoms with van der Waals surface area (Å²) in [7, 11) is 0. The van der Waals surface area contributed by atoms with E-state index in [0.717, 1.165) is 11.4 Å². The van der Waals surface area contributed by atoms with Crippen LogP contribution in [0.1, 0.15) is 0 Å². The molecule has 3 heterocycles. The van der Waals surface area contributed by atoms with Gasteiger partial charge in [-0.25, -0.2) is 0 Å². The molecule has 0 radical (unpaired) electrons. The van der Waals surface area contributed by atoms with Gasteiger partial charge in [0.15, 0.2) is 0 Å². The summed E-state index contributed by atoms with van der Waals surface area (Å²) in [6.45, 7) is 0. The van der Waals surface area contributed by atoms with E-state index in [1.165, 1.54) is 84.7 Å². The smallest absolute Gasteiger partial charge is 0.0641 e. The van der Waals surface area contributed by atoms with Crippen molar-refractivity contribution in [2.24, 2.45) is 0 Å². The summed E-state index contributed by atoms with van der Waals surface area (Å²) in [5.41, 5.74) is 9.50. The first-order valence-corrected chi connectivity index (χ1v) is 19.2. The third-order valence-corrected chi connectivity index (χ3v) is 12.8. The number of hydrogen-bond acceptors (Lipinski definition) is 3. The number of aromatic nitrogens is 1.